The summed E-state index contributed by atoms with van der Waals surface area (Å²) in [6.45, 7) is 1.77. The number of rotatable bonds is 1. The van der Waals surface area contributed by atoms with Crippen molar-refractivity contribution < 1.29 is 4.79 Å². The molecule has 0 saturated heterocycles. The Morgan fingerprint density at radius 2 is 2.64 bits per heavy atom. The van der Waals surface area contributed by atoms with Gasteiger partial charge >= 0.3 is 0 Å². The SMILES string of the molecule is CC=C=NC(=O)c1cccs1. The van der Waals surface area contributed by atoms with E-state index in [1.807, 2.05) is 11.4 Å². The van der Waals surface area contributed by atoms with Gasteiger partial charge in [-0.1, -0.05) is 6.07 Å². The molecule has 0 fully saturated rings. The van der Waals surface area contributed by atoms with Gasteiger partial charge in [-0.05, 0) is 30.3 Å². The summed E-state index contributed by atoms with van der Waals surface area (Å²) in [5.41, 5.74) is 0. The molecule has 1 heterocycles. The van der Waals surface area contributed by atoms with Crippen LogP contribution < -0.4 is 0 Å². The molecule has 1 rings (SSSR count). The number of amides is 1. The maximum absolute atomic E-state index is 11.0. The van der Waals surface area contributed by atoms with Crippen LogP contribution in [0.15, 0.2) is 28.6 Å². The number of hydrogen-bond acceptors (Lipinski definition) is 2. The topological polar surface area (TPSA) is 29.4 Å². The van der Waals surface area contributed by atoms with Gasteiger partial charge in [0.2, 0.25) is 0 Å². The Bertz CT molecular complexity index is 294. The number of carbonyl (C=O) groups is 1. The Labute approximate surface area is 68.9 Å². The first-order chi connectivity index (χ1) is 5.34. The minimum absolute atomic E-state index is 0.224. The van der Waals surface area contributed by atoms with Crippen molar-refractivity contribution in [1.82, 2.24) is 0 Å². The molecule has 0 aliphatic heterocycles. The average Bonchev–Trinajstić information content (AvgIpc) is 2.52. The molecule has 0 aliphatic rings. The van der Waals surface area contributed by atoms with E-state index >= 15 is 0 Å². The molecule has 0 aromatic carbocycles. The van der Waals surface area contributed by atoms with Gasteiger partial charge in [0.1, 0.15) is 0 Å². The molecule has 0 bridgehead atoms. The minimum atomic E-state index is -0.224. The summed E-state index contributed by atoms with van der Waals surface area (Å²) >= 11 is 1.38. The van der Waals surface area contributed by atoms with Gasteiger partial charge in [-0.15, -0.1) is 11.3 Å². The summed E-state index contributed by atoms with van der Waals surface area (Å²) in [6, 6.07) is 3.57. The van der Waals surface area contributed by atoms with Crippen molar-refractivity contribution in [1.29, 1.82) is 0 Å². The molecular weight excluding hydrogens is 158 g/mol. The van der Waals surface area contributed by atoms with Crippen molar-refractivity contribution in [2.45, 2.75) is 6.92 Å². The van der Waals surface area contributed by atoms with E-state index in [-0.39, 0.29) is 5.91 Å². The maximum atomic E-state index is 11.0. The van der Waals surface area contributed by atoms with Crippen LogP contribution in [-0.4, -0.2) is 11.8 Å². The summed E-state index contributed by atoms with van der Waals surface area (Å²) in [6.07, 6.45) is 1.60. The first kappa shape index (κ1) is 7.92. The molecule has 0 spiro atoms. The van der Waals surface area contributed by atoms with Gasteiger partial charge in [0, 0.05) is 0 Å². The molecule has 1 aromatic rings. The second-order valence-electron chi connectivity index (χ2n) is 1.81. The lowest BCUT2D eigenvalue weighted by Crippen LogP contribution is -1.87. The van der Waals surface area contributed by atoms with Crippen LogP contribution in [0.5, 0.6) is 0 Å². The van der Waals surface area contributed by atoms with E-state index in [9.17, 15) is 4.79 Å². The number of aliphatic imine (C=N–C) groups is 1. The monoisotopic (exact) mass is 165 g/mol. The fourth-order valence-electron chi connectivity index (χ4n) is 0.579. The van der Waals surface area contributed by atoms with Crippen molar-refractivity contribution in [3.63, 3.8) is 0 Å². The zero-order chi connectivity index (χ0) is 8.10. The molecule has 0 saturated carbocycles. The average molecular weight is 165 g/mol. The molecule has 11 heavy (non-hydrogen) atoms. The van der Waals surface area contributed by atoms with E-state index in [4.69, 9.17) is 0 Å². The Morgan fingerprint density at radius 3 is 3.18 bits per heavy atom. The normalized spacial score (nSPS) is 8.45. The largest absolute Gasteiger partial charge is 0.295 e. The van der Waals surface area contributed by atoms with Gasteiger partial charge < -0.3 is 0 Å². The van der Waals surface area contributed by atoms with Crippen molar-refractivity contribution in [2.75, 3.05) is 0 Å². The first-order valence-electron chi connectivity index (χ1n) is 3.16. The van der Waals surface area contributed by atoms with E-state index in [2.05, 4.69) is 10.9 Å². The molecule has 1 amide bonds. The maximum Gasteiger partial charge on any atom is 0.295 e. The van der Waals surface area contributed by atoms with Gasteiger partial charge in [-0.25, -0.2) is 0 Å². The van der Waals surface area contributed by atoms with Gasteiger partial charge in [0.15, 0.2) is 0 Å². The first-order valence-corrected chi connectivity index (χ1v) is 4.04. The van der Waals surface area contributed by atoms with Gasteiger partial charge in [-0.3, -0.25) is 4.79 Å². The van der Waals surface area contributed by atoms with E-state index in [0.717, 1.165) is 0 Å². The number of nitrogens with zero attached hydrogens (tertiary/aromatic N) is 1. The summed E-state index contributed by atoms with van der Waals surface area (Å²) < 4.78 is 0. The lowest BCUT2D eigenvalue weighted by molar-refractivity contribution is 0.101. The van der Waals surface area contributed by atoms with Crippen molar-refractivity contribution in [2.24, 2.45) is 4.99 Å². The Hall–Kier alpha value is -1.18. The molecule has 56 valence electrons. The zero-order valence-corrected chi connectivity index (χ0v) is 6.89. The fraction of sp³-hybridized carbons (Fsp3) is 0.125. The summed E-state index contributed by atoms with van der Waals surface area (Å²) in [5.74, 6) is 2.27. The molecule has 0 aliphatic carbocycles. The van der Waals surface area contributed by atoms with Crippen LogP contribution in [0.2, 0.25) is 0 Å². The van der Waals surface area contributed by atoms with Crippen LogP contribution >= 0.6 is 11.3 Å². The smallest absolute Gasteiger partial charge is 0.265 e. The van der Waals surface area contributed by atoms with Crippen LogP contribution in [0.3, 0.4) is 0 Å². The summed E-state index contributed by atoms with van der Waals surface area (Å²) in [4.78, 5) is 15.2. The molecule has 0 unspecified atom stereocenters. The minimum Gasteiger partial charge on any atom is -0.265 e. The highest BCUT2D eigenvalue weighted by atomic mass is 32.1. The number of carbonyl (C=O) groups excluding carboxylic acids is 1. The van der Waals surface area contributed by atoms with Gasteiger partial charge in [-0.2, -0.15) is 4.99 Å². The van der Waals surface area contributed by atoms with Gasteiger partial charge in [0.25, 0.3) is 5.91 Å². The molecular formula is C8H7NOS. The van der Waals surface area contributed by atoms with E-state index in [1.165, 1.54) is 11.3 Å². The van der Waals surface area contributed by atoms with Crippen LogP contribution in [0, 0.1) is 0 Å². The highest BCUT2D eigenvalue weighted by molar-refractivity contribution is 7.12. The second-order valence-corrected chi connectivity index (χ2v) is 2.76. The van der Waals surface area contributed by atoms with Crippen LogP contribution in [0.25, 0.3) is 0 Å². The fourth-order valence-corrected chi connectivity index (χ4v) is 1.19. The lowest BCUT2D eigenvalue weighted by atomic mass is 10.4. The zero-order valence-electron chi connectivity index (χ0n) is 6.07. The van der Waals surface area contributed by atoms with Crippen LogP contribution in [0.1, 0.15) is 16.6 Å². The van der Waals surface area contributed by atoms with E-state index in [1.54, 1.807) is 19.1 Å². The molecule has 0 atom stereocenters. The molecule has 0 N–H and O–H groups in total. The quantitative estimate of drug-likeness (QED) is 0.586. The standard InChI is InChI=1S/C8H7NOS/c1-2-5-9-8(10)7-4-3-6-11-7/h2-4,6H,1H3. The molecule has 1 aromatic heterocycles. The molecule has 3 heteroatoms. The van der Waals surface area contributed by atoms with Crippen LogP contribution in [-0.2, 0) is 0 Å². The summed E-state index contributed by atoms with van der Waals surface area (Å²) in [7, 11) is 0. The number of allylic oxidation sites excluding steroid dienone is 1. The highest BCUT2D eigenvalue weighted by Gasteiger charge is 2.01. The number of thiophene rings is 1. The Morgan fingerprint density at radius 1 is 1.82 bits per heavy atom. The molecule has 0 radical (unpaired) electrons. The second kappa shape index (κ2) is 3.86. The van der Waals surface area contributed by atoms with Crippen molar-refractivity contribution in [3.05, 3.63) is 28.5 Å². The summed E-state index contributed by atoms with van der Waals surface area (Å²) in [5, 5.41) is 1.85. The Balaban J connectivity index is 2.79. The van der Waals surface area contributed by atoms with E-state index in [0.29, 0.717) is 4.88 Å². The lowest BCUT2D eigenvalue weighted by Gasteiger charge is -1.81. The number of hydrogen-bond donors (Lipinski definition) is 0. The van der Waals surface area contributed by atoms with Crippen molar-refractivity contribution in [3.8, 4) is 0 Å². The third-order valence-electron chi connectivity index (χ3n) is 1.03. The highest BCUT2D eigenvalue weighted by Crippen LogP contribution is 2.08. The van der Waals surface area contributed by atoms with Crippen molar-refractivity contribution >= 4 is 23.1 Å². The van der Waals surface area contributed by atoms with Gasteiger partial charge in [0.05, 0.1) is 4.88 Å². The predicted molar refractivity (Wildman–Crippen MR) is 46.3 cm³/mol. The third-order valence-corrected chi connectivity index (χ3v) is 1.89. The molecule has 2 nitrogen and oxygen atoms in total. The predicted octanol–water partition coefficient (Wildman–Crippen LogP) is 2.13. The van der Waals surface area contributed by atoms with E-state index < -0.39 is 0 Å². The van der Waals surface area contributed by atoms with Crippen LogP contribution in [0.4, 0.5) is 0 Å². The third kappa shape index (κ3) is 2.15. The Kier molecular flexibility index (Phi) is 2.78.